The van der Waals surface area contributed by atoms with Crippen molar-refractivity contribution in [1.82, 2.24) is 5.16 Å². The second-order valence-electron chi connectivity index (χ2n) is 4.77. The monoisotopic (exact) mass is 444 g/mol. The smallest absolute Gasteiger partial charge is 0.338 e. The zero-order valence-electron chi connectivity index (χ0n) is 13.5. The van der Waals surface area contributed by atoms with Crippen LogP contribution in [-0.4, -0.2) is 23.3 Å². The second kappa shape index (κ2) is 8.13. The van der Waals surface area contributed by atoms with E-state index in [-0.39, 0.29) is 17.1 Å². The Morgan fingerprint density at radius 3 is 2.62 bits per heavy atom. The van der Waals surface area contributed by atoms with Gasteiger partial charge in [-0.2, -0.15) is 0 Å². The van der Waals surface area contributed by atoms with Gasteiger partial charge in [0.2, 0.25) is 5.76 Å². The maximum Gasteiger partial charge on any atom is 0.338 e. The van der Waals surface area contributed by atoms with E-state index < -0.39 is 4.92 Å². The summed E-state index contributed by atoms with van der Waals surface area (Å²) in [5, 5.41) is 14.7. The van der Waals surface area contributed by atoms with Crippen LogP contribution in [0.4, 0.5) is 5.69 Å². The van der Waals surface area contributed by atoms with Crippen LogP contribution in [0, 0.1) is 20.6 Å². The number of aromatic nitrogens is 1. The van der Waals surface area contributed by atoms with Crippen molar-refractivity contribution in [2.75, 3.05) is 13.2 Å². The highest BCUT2D eigenvalue weighted by Crippen LogP contribution is 2.35. The molecule has 0 unspecified atom stereocenters. The molecule has 8 heteroatoms. The summed E-state index contributed by atoms with van der Waals surface area (Å²) in [6, 6.07) is 3.72. The summed E-state index contributed by atoms with van der Waals surface area (Å²) in [5.41, 5.74) is 0.933. The Kier molecular flexibility index (Phi) is 6.18. The number of halogens is 1. The molecule has 0 spiro atoms. The molecular formula is C16H17IN2O5. The molecule has 0 atom stereocenters. The summed E-state index contributed by atoms with van der Waals surface area (Å²) in [5.74, 6) is 1.44. The Morgan fingerprint density at radius 2 is 2.00 bits per heavy atom. The normalized spacial score (nSPS) is 11.0. The summed E-state index contributed by atoms with van der Waals surface area (Å²) >= 11 is 2.17. The lowest BCUT2D eigenvalue weighted by molar-refractivity contribution is -0.386. The molecule has 128 valence electrons. The highest BCUT2D eigenvalue weighted by Gasteiger charge is 2.22. The van der Waals surface area contributed by atoms with Crippen molar-refractivity contribution >= 4 is 40.4 Å². The predicted molar refractivity (Wildman–Crippen MR) is 98.3 cm³/mol. The number of aryl methyl sites for hydroxylation is 1. The van der Waals surface area contributed by atoms with E-state index in [2.05, 4.69) is 27.7 Å². The van der Waals surface area contributed by atoms with Crippen molar-refractivity contribution in [3.8, 4) is 11.5 Å². The second-order valence-corrected chi connectivity index (χ2v) is 5.93. The molecule has 7 nitrogen and oxygen atoms in total. The number of hydrogen-bond acceptors (Lipinski definition) is 6. The molecule has 0 saturated carbocycles. The summed E-state index contributed by atoms with van der Waals surface area (Å²) in [6.45, 7) is 6.38. The third kappa shape index (κ3) is 4.05. The van der Waals surface area contributed by atoms with Gasteiger partial charge in [0.15, 0.2) is 17.2 Å². The predicted octanol–water partition coefficient (Wildman–Crippen LogP) is 4.46. The van der Waals surface area contributed by atoms with Gasteiger partial charge < -0.3 is 14.0 Å². The molecule has 0 aliphatic heterocycles. The number of nitrogens with zero attached hydrogens (tertiary/aromatic N) is 2. The molecule has 0 bridgehead atoms. The summed E-state index contributed by atoms with van der Waals surface area (Å²) in [4.78, 5) is 10.6. The molecule has 0 amide bonds. The van der Waals surface area contributed by atoms with E-state index in [1.54, 1.807) is 6.08 Å². The van der Waals surface area contributed by atoms with Crippen LogP contribution in [0.5, 0.6) is 11.5 Å². The minimum absolute atomic E-state index is 0.111. The number of rotatable bonds is 7. The van der Waals surface area contributed by atoms with Crippen LogP contribution in [0.3, 0.4) is 0 Å². The van der Waals surface area contributed by atoms with E-state index in [0.29, 0.717) is 24.7 Å². The maximum atomic E-state index is 11.1. The van der Waals surface area contributed by atoms with Crippen molar-refractivity contribution in [3.63, 3.8) is 0 Å². The van der Waals surface area contributed by atoms with E-state index in [0.717, 1.165) is 9.13 Å². The quantitative estimate of drug-likeness (QED) is 0.356. The Labute approximate surface area is 152 Å². The van der Waals surface area contributed by atoms with Gasteiger partial charge in [-0.25, -0.2) is 0 Å². The zero-order chi connectivity index (χ0) is 17.7. The minimum Gasteiger partial charge on any atom is -0.490 e. The van der Waals surface area contributed by atoms with Gasteiger partial charge in [0, 0.05) is 0 Å². The van der Waals surface area contributed by atoms with Gasteiger partial charge >= 0.3 is 5.69 Å². The first kappa shape index (κ1) is 18.2. The van der Waals surface area contributed by atoms with Gasteiger partial charge in [-0.3, -0.25) is 10.1 Å². The van der Waals surface area contributed by atoms with Crippen molar-refractivity contribution in [2.45, 2.75) is 20.8 Å². The Bertz CT molecular complexity index is 770. The molecule has 0 aliphatic carbocycles. The third-order valence-electron chi connectivity index (χ3n) is 3.09. The first-order valence-corrected chi connectivity index (χ1v) is 8.43. The average molecular weight is 444 g/mol. The Hall–Kier alpha value is -2.10. The highest BCUT2D eigenvalue weighted by atomic mass is 127. The first-order chi connectivity index (χ1) is 11.5. The zero-order valence-corrected chi connectivity index (χ0v) is 15.7. The van der Waals surface area contributed by atoms with Gasteiger partial charge in [-0.15, -0.1) is 0 Å². The average Bonchev–Trinajstić information content (AvgIpc) is 2.90. The van der Waals surface area contributed by atoms with Crippen molar-refractivity contribution in [2.24, 2.45) is 0 Å². The number of ether oxygens (including phenoxy) is 2. The van der Waals surface area contributed by atoms with Gasteiger partial charge in [0.1, 0.15) is 0 Å². The standard InChI is InChI=1S/C16H17IN2O5/c1-4-22-14-9-11(8-12(17)16(14)23-5-2)6-7-13-15(19(20)21)10(3)18-24-13/h6-9H,4-5H2,1-3H3/b7-6-. The van der Waals surface area contributed by atoms with Crippen LogP contribution >= 0.6 is 22.6 Å². The minimum atomic E-state index is -0.501. The van der Waals surface area contributed by atoms with Crippen LogP contribution in [0.25, 0.3) is 12.2 Å². The maximum absolute atomic E-state index is 11.1. The Balaban J connectivity index is 2.38. The molecule has 0 N–H and O–H groups in total. The fourth-order valence-electron chi connectivity index (χ4n) is 2.12. The van der Waals surface area contributed by atoms with Gasteiger partial charge in [0.25, 0.3) is 0 Å². The van der Waals surface area contributed by atoms with Gasteiger partial charge in [-0.05, 0) is 67.1 Å². The van der Waals surface area contributed by atoms with E-state index in [4.69, 9.17) is 14.0 Å². The summed E-state index contributed by atoms with van der Waals surface area (Å²) in [7, 11) is 0. The molecule has 1 aromatic heterocycles. The molecule has 0 radical (unpaired) electrons. The van der Waals surface area contributed by atoms with Crippen LogP contribution in [0.2, 0.25) is 0 Å². The van der Waals surface area contributed by atoms with Crippen LogP contribution < -0.4 is 9.47 Å². The van der Waals surface area contributed by atoms with E-state index in [1.807, 2.05) is 26.0 Å². The molecule has 0 fully saturated rings. The van der Waals surface area contributed by atoms with Gasteiger partial charge in [-0.1, -0.05) is 11.2 Å². The van der Waals surface area contributed by atoms with E-state index >= 15 is 0 Å². The summed E-state index contributed by atoms with van der Waals surface area (Å²) in [6.07, 6.45) is 3.24. The number of hydrogen-bond donors (Lipinski definition) is 0. The molecular weight excluding hydrogens is 427 g/mol. The van der Waals surface area contributed by atoms with Crippen LogP contribution in [-0.2, 0) is 0 Å². The van der Waals surface area contributed by atoms with E-state index in [9.17, 15) is 10.1 Å². The Morgan fingerprint density at radius 1 is 1.29 bits per heavy atom. The van der Waals surface area contributed by atoms with Crippen molar-refractivity contribution < 1.29 is 18.9 Å². The molecule has 1 aromatic carbocycles. The lowest BCUT2D eigenvalue weighted by Crippen LogP contribution is -2.00. The topological polar surface area (TPSA) is 87.6 Å². The molecule has 24 heavy (non-hydrogen) atoms. The molecule has 0 saturated heterocycles. The number of nitro groups is 1. The van der Waals surface area contributed by atoms with Crippen LogP contribution in [0.15, 0.2) is 16.7 Å². The molecule has 0 aliphatic rings. The fraction of sp³-hybridized carbons (Fsp3) is 0.312. The van der Waals surface area contributed by atoms with Crippen molar-refractivity contribution in [1.29, 1.82) is 0 Å². The number of benzene rings is 1. The fourth-order valence-corrected chi connectivity index (χ4v) is 2.90. The van der Waals surface area contributed by atoms with Crippen molar-refractivity contribution in [3.05, 3.63) is 42.8 Å². The SMILES string of the molecule is CCOc1cc(/C=C\c2onc(C)c2[N+](=O)[O-])cc(I)c1OCC. The van der Waals surface area contributed by atoms with Crippen LogP contribution in [0.1, 0.15) is 30.9 Å². The lowest BCUT2D eigenvalue weighted by Gasteiger charge is -2.13. The highest BCUT2D eigenvalue weighted by molar-refractivity contribution is 14.1. The largest absolute Gasteiger partial charge is 0.490 e. The molecule has 2 rings (SSSR count). The molecule has 2 aromatic rings. The summed E-state index contributed by atoms with van der Waals surface area (Å²) < 4.78 is 17.1. The third-order valence-corrected chi connectivity index (χ3v) is 3.89. The lowest BCUT2D eigenvalue weighted by atomic mass is 10.1. The first-order valence-electron chi connectivity index (χ1n) is 7.35. The van der Waals surface area contributed by atoms with Gasteiger partial charge in [0.05, 0.1) is 21.7 Å². The molecule has 1 heterocycles. The van der Waals surface area contributed by atoms with E-state index in [1.165, 1.54) is 13.0 Å².